The van der Waals surface area contributed by atoms with Crippen LogP contribution >= 0.6 is 0 Å². The minimum Gasteiger partial charge on any atom is -0.310 e. The molecule has 12 aliphatic rings. The van der Waals surface area contributed by atoms with E-state index in [1.165, 1.54) is 159 Å². The minimum atomic E-state index is -0.402. The Morgan fingerprint density at radius 2 is 0.571 bits per heavy atom. The Labute approximate surface area is 707 Å². The van der Waals surface area contributed by atoms with Gasteiger partial charge in [-0.15, -0.1) is 0 Å². The van der Waals surface area contributed by atoms with Crippen LogP contribution in [-0.2, 0) is 21.7 Å². The number of benzene rings is 15. The Morgan fingerprint density at radius 3 is 1.03 bits per heavy atom. The van der Waals surface area contributed by atoms with Gasteiger partial charge in [-0.1, -0.05) is 282 Å². The summed E-state index contributed by atoms with van der Waals surface area (Å²) < 4.78 is 62.2. The maximum absolute atomic E-state index is 16.9. The smallest absolute Gasteiger partial charge is 0.133 e. The summed E-state index contributed by atoms with van der Waals surface area (Å²) in [5, 5.41) is 0. The molecule has 8 bridgehead atoms. The highest BCUT2D eigenvalue weighted by Gasteiger charge is 2.63. The molecule has 15 aromatic rings. The van der Waals surface area contributed by atoms with Crippen LogP contribution in [0, 0.1) is 53.2 Å². The van der Waals surface area contributed by atoms with Gasteiger partial charge >= 0.3 is 0 Å². The summed E-state index contributed by atoms with van der Waals surface area (Å²) >= 11 is 0. The van der Waals surface area contributed by atoms with E-state index in [9.17, 15) is 2.74 Å². The number of halogens is 1. The zero-order chi connectivity index (χ0) is 83.6. The first-order chi connectivity index (χ1) is 60.4. The topological polar surface area (TPSA) is 6.48 Å². The fourth-order valence-electron chi connectivity index (χ4n) is 26.4. The first-order valence-electron chi connectivity index (χ1n) is 46.3. The van der Waals surface area contributed by atoms with Gasteiger partial charge in [-0.3, -0.25) is 0 Å². The van der Waals surface area contributed by atoms with E-state index in [2.05, 4.69) is 329 Å². The fraction of sp³-hybridized carbons (Fsp3) is 0.224. The highest BCUT2D eigenvalue weighted by atomic mass is 19.1. The Balaban J connectivity index is 0.000000141. The van der Waals surface area contributed by atoms with Gasteiger partial charge in [0.1, 0.15) is 5.82 Å². The average molecular weight is 1540 g/mol. The lowest BCUT2D eigenvalue weighted by molar-refractivity contribution is -0.0399. The highest BCUT2D eigenvalue weighted by Crippen LogP contribution is 2.72. The largest absolute Gasteiger partial charge is 0.310 e. The maximum atomic E-state index is 16.9. The van der Waals surface area contributed by atoms with Crippen molar-refractivity contribution in [2.24, 2.45) is 47.3 Å². The molecule has 2 nitrogen and oxygen atoms in total. The summed E-state index contributed by atoms with van der Waals surface area (Å²) in [5.41, 5.74) is 35.5. The van der Waals surface area contributed by atoms with Gasteiger partial charge in [0, 0.05) is 61.2 Å². The van der Waals surface area contributed by atoms with E-state index in [1.54, 1.807) is 6.07 Å². The van der Waals surface area contributed by atoms with Crippen LogP contribution in [-0.4, -0.2) is 0 Å². The summed E-state index contributed by atoms with van der Waals surface area (Å²) in [7, 11) is 0. The Hall–Kier alpha value is -12.2. The van der Waals surface area contributed by atoms with E-state index < -0.39 is 6.04 Å². The van der Waals surface area contributed by atoms with Crippen LogP contribution in [0.3, 0.4) is 0 Å². The molecule has 0 unspecified atom stereocenters. The van der Waals surface area contributed by atoms with E-state index in [1.807, 2.05) is 18.2 Å². The van der Waals surface area contributed by atoms with Crippen molar-refractivity contribution >= 4 is 34.1 Å². The number of rotatable bonds is 11. The molecule has 12 aliphatic carbocycles. The van der Waals surface area contributed by atoms with Gasteiger partial charge in [0.15, 0.2) is 0 Å². The lowest BCUT2D eigenvalue weighted by Crippen LogP contribution is -2.55. The molecule has 27 rings (SSSR count). The number of hydrogen-bond donors (Lipinski definition) is 0. The van der Waals surface area contributed by atoms with Gasteiger partial charge in [-0.2, -0.15) is 0 Å². The second kappa shape index (κ2) is 26.9. The SMILES string of the molecule is CC1(C)c2ccccc2-c2ccc(N(c3ccc(-c4ccccc4)cc3)c3ccc(-c4ccc5c(c4)-c4ccccc4C54C5CC6CC(C5)CC4C6)c(F)c3)cc21.[2H]c1c([2H])c([2H])c(-c2cc(-c3ccc4c(c3)-c3ccccc3C43C4CC5CC(C4)CC3C5)ccc2N(c2ccc(-c3ccccc3)cc2)c2ccc3c(c2)C(C)(C)c2ccccc2-3)c([2H])c1[2H]. The zero-order valence-corrected chi connectivity index (χ0v) is 68.0. The van der Waals surface area contributed by atoms with Crippen molar-refractivity contribution < 1.29 is 11.2 Å². The fourth-order valence-corrected chi connectivity index (χ4v) is 26.4. The maximum Gasteiger partial charge on any atom is 0.133 e. The van der Waals surface area contributed by atoms with Crippen LogP contribution in [0.15, 0.2) is 346 Å². The normalized spacial score (nSPS) is 24.0. The summed E-state index contributed by atoms with van der Waals surface area (Å²) in [5.74, 6) is 6.09. The molecule has 8 fully saturated rings. The van der Waals surface area contributed by atoms with Crippen molar-refractivity contribution in [1.29, 1.82) is 0 Å². The molecule has 2 spiro atoms. The average Bonchev–Trinajstić information content (AvgIpc) is 1.50. The predicted molar refractivity (Wildman–Crippen MR) is 491 cm³/mol. The zero-order valence-electron chi connectivity index (χ0n) is 73.0. The van der Waals surface area contributed by atoms with Gasteiger partial charge in [0.05, 0.1) is 12.5 Å². The molecule has 0 saturated heterocycles. The van der Waals surface area contributed by atoms with Crippen LogP contribution in [0.1, 0.15) is 143 Å². The third kappa shape index (κ3) is 10.7. The van der Waals surface area contributed by atoms with Crippen molar-refractivity contribution in [3.05, 3.63) is 396 Å². The lowest BCUT2D eigenvalue weighted by atomic mass is 9.43. The summed E-state index contributed by atoms with van der Waals surface area (Å²) in [4.78, 5) is 4.43. The molecule has 578 valence electrons. The van der Waals surface area contributed by atoms with Gasteiger partial charge in [-0.25, -0.2) is 4.39 Å². The van der Waals surface area contributed by atoms with Gasteiger partial charge in [-0.05, 0) is 336 Å². The number of fused-ring (bicyclic) bond motifs is 12. The Bertz CT molecular complexity index is 6840. The molecule has 0 atom stereocenters. The van der Waals surface area contributed by atoms with Crippen molar-refractivity contribution in [1.82, 2.24) is 0 Å². The molecule has 0 heterocycles. The molecule has 8 saturated carbocycles. The van der Waals surface area contributed by atoms with Crippen LogP contribution in [0.5, 0.6) is 0 Å². The van der Waals surface area contributed by atoms with Gasteiger partial charge in [0.25, 0.3) is 0 Å². The van der Waals surface area contributed by atoms with Gasteiger partial charge in [0.2, 0.25) is 0 Å². The highest BCUT2D eigenvalue weighted by molar-refractivity contribution is 5.95. The Morgan fingerprint density at radius 1 is 0.244 bits per heavy atom. The quantitative estimate of drug-likeness (QED) is 0.127. The molecule has 0 aromatic heterocycles. The standard InChI is InChI=1S/C61H51N.C55H46FN/c1-60(2)55-19-11-9-17-50(55)52-28-27-49(38-58(52)60)62(48-25-21-42(22-26-48)41-13-5-3-6-14-41)59-30-24-45(36-53(59)43-15-7-4-8-16-43)44-23-29-57-54(37-44)51-18-10-12-20-56(51)61(57)46-32-39-31-40(34-46)35-47(61)33-39;1-54(2)49-14-8-6-12-45(49)47-24-22-42(32-52(47)54)57(41-19-16-37(17-20-41)36-10-4-3-5-11-36)43-21-23-44(53(56)33-43)38-18-25-51-48(31-38)46-13-7-9-15-50(46)55(51)39-27-34-26-35(29-39)30-40(55)28-34/h3-30,36-40,46-47H,31-35H2,1-2H3;3-25,31-35,39-40H,26-30H2,1-2H3/i4D,7D,8D,15D,16D;. The molecule has 0 N–H and O–H groups in total. The molecule has 119 heavy (non-hydrogen) atoms. The van der Waals surface area contributed by atoms with E-state index in [0.29, 0.717) is 34.8 Å². The second-order valence-corrected chi connectivity index (χ2v) is 37.7. The first-order valence-corrected chi connectivity index (χ1v) is 43.8. The molecule has 15 aromatic carbocycles. The number of anilines is 6. The minimum absolute atomic E-state index is 0.0581. The van der Waals surface area contributed by atoms with E-state index in [4.69, 9.17) is 4.11 Å². The molecule has 3 heteroatoms. The molecule has 0 amide bonds. The predicted octanol–water partition coefficient (Wildman–Crippen LogP) is 30.8. The molecule has 0 aliphatic heterocycles. The molecular formula is C116H97FN2. The Kier molecular flexibility index (Phi) is 14.9. The number of hydrogen-bond acceptors (Lipinski definition) is 2. The van der Waals surface area contributed by atoms with E-state index in [0.717, 1.165) is 91.2 Å². The van der Waals surface area contributed by atoms with Crippen LogP contribution in [0.25, 0.3) is 100 Å². The third-order valence-electron chi connectivity index (χ3n) is 31.1. The second-order valence-electron chi connectivity index (χ2n) is 37.7. The van der Waals surface area contributed by atoms with E-state index >= 15 is 4.39 Å². The molecule has 0 radical (unpaired) electrons. The van der Waals surface area contributed by atoms with Crippen molar-refractivity contribution in [3.63, 3.8) is 0 Å². The first kappa shape index (κ1) is 65.8. The van der Waals surface area contributed by atoms with Gasteiger partial charge < -0.3 is 9.80 Å². The van der Waals surface area contributed by atoms with Crippen LogP contribution < -0.4 is 9.80 Å². The summed E-state index contributed by atoms with van der Waals surface area (Å²) in [6.07, 6.45) is 13.6. The lowest BCUT2D eigenvalue weighted by Gasteiger charge is -2.61. The van der Waals surface area contributed by atoms with Crippen molar-refractivity contribution in [2.75, 3.05) is 9.80 Å². The van der Waals surface area contributed by atoms with Crippen molar-refractivity contribution in [3.8, 4) is 100 Å². The third-order valence-corrected chi connectivity index (χ3v) is 31.1. The monoisotopic (exact) mass is 1540 g/mol. The summed E-state index contributed by atoms with van der Waals surface area (Å²) in [6.45, 7) is 9.20. The summed E-state index contributed by atoms with van der Waals surface area (Å²) in [6, 6.07) is 112. The van der Waals surface area contributed by atoms with Crippen LogP contribution in [0.2, 0.25) is 0 Å². The van der Waals surface area contributed by atoms with Crippen LogP contribution in [0.4, 0.5) is 38.5 Å². The molecular weight excluding hydrogens is 1440 g/mol. The number of nitrogens with zero attached hydrogens (tertiary/aromatic N) is 2. The van der Waals surface area contributed by atoms with Crippen molar-refractivity contribution in [2.45, 2.75) is 114 Å². The van der Waals surface area contributed by atoms with E-state index in [-0.39, 0.29) is 57.2 Å².